The van der Waals surface area contributed by atoms with Crippen LogP contribution in [0.2, 0.25) is 0 Å². The number of hydrogen-bond donors (Lipinski definition) is 2. The fraction of sp³-hybridized carbons (Fsp3) is 0.533. The van der Waals surface area contributed by atoms with Gasteiger partial charge in [0.1, 0.15) is 15.7 Å². The molecular formula is C15H24FN3O2S. The summed E-state index contributed by atoms with van der Waals surface area (Å²) in [6.45, 7) is 6.37. The fourth-order valence-corrected chi connectivity index (χ4v) is 2.23. The molecule has 0 radical (unpaired) electrons. The summed E-state index contributed by atoms with van der Waals surface area (Å²) in [5, 5.41) is 6.19. The minimum Gasteiger partial charge on any atom is -0.357 e. The highest BCUT2D eigenvalue weighted by Crippen LogP contribution is 2.16. The van der Waals surface area contributed by atoms with Crippen molar-refractivity contribution in [2.45, 2.75) is 26.8 Å². The molecule has 0 amide bonds. The SMILES string of the molecule is CCNC(=NCCS(C)(=O)=O)NC(C)c1ccc(C)c(F)c1. The Hall–Kier alpha value is -1.63. The molecule has 1 atom stereocenters. The molecule has 2 N–H and O–H groups in total. The Morgan fingerprint density at radius 3 is 2.64 bits per heavy atom. The van der Waals surface area contributed by atoms with E-state index in [4.69, 9.17) is 0 Å². The molecule has 5 nitrogen and oxygen atoms in total. The van der Waals surface area contributed by atoms with Crippen molar-refractivity contribution in [3.63, 3.8) is 0 Å². The number of nitrogens with zero attached hydrogens (tertiary/aromatic N) is 1. The molecule has 1 aromatic carbocycles. The van der Waals surface area contributed by atoms with E-state index in [0.29, 0.717) is 18.1 Å². The Bertz CT molecular complexity index is 630. The monoisotopic (exact) mass is 329 g/mol. The van der Waals surface area contributed by atoms with Crippen molar-refractivity contribution in [3.8, 4) is 0 Å². The van der Waals surface area contributed by atoms with E-state index >= 15 is 0 Å². The highest BCUT2D eigenvalue weighted by molar-refractivity contribution is 7.90. The lowest BCUT2D eigenvalue weighted by Gasteiger charge is -2.18. The van der Waals surface area contributed by atoms with E-state index in [1.807, 2.05) is 19.9 Å². The second-order valence-corrected chi connectivity index (χ2v) is 7.52. The molecular weight excluding hydrogens is 305 g/mol. The van der Waals surface area contributed by atoms with Gasteiger partial charge in [-0.05, 0) is 38.0 Å². The van der Waals surface area contributed by atoms with Crippen LogP contribution in [0.25, 0.3) is 0 Å². The first-order valence-corrected chi connectivity index (χ1v) is 9.27. The van der Waals surface area contributed by atoms with Gasteiger partial charge in [-0.25, -0.2) is 12.8 Å². The molecule has 0 aliphatic rings. The zero-order valence-corrected chi connectivity index (χ0v) is 14.3. The van der Waals surface area contributed by atoms with Crippen LogP contribution < -0.4 is 10.6 Å². The molecule has 22 heavy (non-hydrogen) atoms. The van der Waals surface area contributed by atoms with Gasteiger partial charge in [-0.2, -0.15) is 0 Å². The Morgan fingerprint density at radius 1 is 1.41 bits per heavy atom. The van der Waals surface area contributed by atoms with E-state index in [1.165, 1.54) is 12.3 Å². The summed E-state index contributed by atoms with van der Waals surface area (Å²) in [5.41, 5.74) is 1.40. The minimum atomic E-state index is -3.04. The topological polar surface area (TPSA) is 70.6 Å². The standard InChI is InChI=1S/C15H24FN3O2S/c1-5-17-15(18-8-9-22(4,20)21)19-12(3)13-7-6-11(2)14(16)10-13/h6-7,10,12H,5,8-9H2,1-4H3,(H2,17,18,19). The third kappa shape index (κ3) is 6.43. The summed E-state index contributed by atoms with van der Waals surface area (Å²) in [6, 6.07) is 4.94. The maximum Gasteiger partial charge on any atom is 0.191 e. The van der Waals surface area contributed by atoms with Crippen LogP contribution in [0.4, 0.5) is 4.39 Å². The first kappa shape index (κ1) is 18.4. The molecule has 1 rings (SSSR count). The van der Waals surface area contributed by atoms with Crippen LogP contribution in [0.5, 0.6) is 0 Å². The van der Waals surface area contributed by atoms with Crippen LogP contribution in [0.1, 0.15) is 31.0 Å². The molecule has 0 aliphatic heterocycles. The first-order chi connectivity index (χ1) is 10.2. The smallest absolute Gasteiger partial charge is 0.191 e. The van der Waals surface area contributed by atoms with Gasteiger partial charge in [-0.15, -0.1) is 0 Å². The van der Waals surface area contributed by atoms with E-state index in [1.54, 1.807) is 13.0 Å². The van der Waals surface area contributed by atoms with Gasteiger partial charge in [-0.3, -0.25) is 4.99 Å². The van der Waals surface area contributed by atoms with Gasteiger partial charge in [0.25, 0.3) is 0 Å². The van der Waals surface area contributed by atoms with Crippen molar-refractivity contribution < 1.29 is 12.8 Å². The van der Waals surface area contributed by atoms with Gasteiger partial charge in [0.15, 0.2) is 5.96 Å². The molecule has 124 valence electrons. The zero-order valence-electron chi connectivity index (χ0n) is 13.5. The molecule has 0 aromatic heterocycles. The second-order valence-electron chi connectivity index (χ2n) is 5.27. The highest BCUT2D eigenvalue weighted by atomic mass is 32.2. The average molecular weight is 329 g/mol. The van der Waals surface area contributed by atoms with Crippen molar-refractivity contribution in [3.05, 3.63) is 35.1 Å². The summed E-state index contributed by atoms with van der Waals surface area (Å²) in [6.07, 6.45) is 1.18. The number of aliphatic imine (C=N–C) groups is 1. The van der Waals surface area contributed by atoms with E-state index in [9.17, 15) is 12.8 Å². The number of halogens is 1. The van der Waals surface area contributed by atoms with Crippen LogP contribution in [0, 0.1) is 12.7 Å². The van der Waals surface area contributed by atoms with Crippen molar-refractivity contribution in [2.24, 2.45) is 4.99 Å². The summed E-state index contributed by atoms with van der Waals surface area (Å²) >= 11 is 0. The van der Waals surface area contributed by atoms with Gasteiger partial charge < -0.3 is 10.6 Å². The van der Waals surface area contributed by atoms with Crippen molar-refractivity contribution >= 4 is 15.8 Å². The number of rotatable bonds is 6. The molecule has 7 heteroatoms. The summed E-state index contributed by atoms with van der Waals surface area (Å²) < 4.78 is 35.9. The van der Waals surface area contributed by atoms with E-state index in [0.717, 1.165) is 5.56 Å². The van der Waals surface area contributed by atoms with Crippen LogP contribution in [-0.4, -0.2) is 39.5 Å². The molecule has 0 heterocycles. The minimum absolute atomic E-state index is 0.00286. The quantitative estimate of drug-likeness (QED) is 0.617. The Kier molecular flexibility index (Phi) is 6.80. The molecule has 1 unspecified atom stereocenters. The maximum atomic E-state index is 13.6. The van der Waals surface area contributed by atoms with Gasteiger partial charge in [0.2, 0.25) is 0 Å². The second kappa shape index (κ2) is 8.12. The largest absolute Gasteiger partial charge is 0.357 e. The van der Waals surface area contributed by atoms with Gasteiger partial charge in [0.05, 0.1) is 18.3 Å². The van der Waals surface area contributed by atoms with E-state index in [2.05, 4.69) is 15.6 Å². The normalized spacial score (nSPS) is 13.8. The van der Waals surface area contributed by atoms with E-state index < -0.39 is 9.84 Å². The average Bonchev–Trinajstić information content (AvgIpc) is 2.40. The van der Waals surface area contributed by atoms with Crippen LogP contribution in [0.3, 0.4) is 0 Å². The van der Waals surface area contributed by atoms with Gasteiger partial charge in [-0.1, -0.05) is 12.1 Å². The summed E-state index contributed by atoms with van der Waals surface area (Å²) in [7, 11) is -3.04. The Balaban J connectivity index is 2.76. The third-order valence-electron chi connectivity index (χ3n) is 3.13. The predicted molar refractivity (Wildman–Crippen MR) is 88.4 cm³/mol. The fourth-order valence-electron chi connectivity index (χ4n) is 1.81. The Morgan fingerprint density at radius 2 is 2.09 bits per heavy atom. The molecule has 0 fully saturated rings. The lowest BCUT2D eigenvalue weighted by atomic mass is 10.1. The number of nitrogens with one attached hydrogen (secondary N) is 2. The lowest BCUT2D eigenvalue weighted by molar-refractivity contribution is 0.601. The van der Waals surface area contributed by atoms with E-state index in [-0.39, 0.29) is 24.2 Å². The molecule has 0 aliphatic carbocycles. The molecule has 0 bridgehead atoms. The van der Waals surface area contributed by atoms with Gasteiger partial charge in [0, 0.05) is 12.8 Å². The number of hydrogen-bond acceptors (Lipinski definition) is 3. The third-order valence-corrected chi connectivity index (χ3v) is 4.05. The van der Waals surface area contributed by atoms with Crippen molar-refractivity contribution in [1.82, 2.24) is 10.6 Å². The van der Waals surface area contributed by atoms with Crippen molar-refractivity contribution in [2.75, 3.05) is 25.1 Å². The van der Waals surface area contributed by atoms with Gasteiger partial charge >= 0.3 is 0 Å². The first-order valence-electron chi connectivity index (χ1n) is 7.21. The lowest BCUT2D eigenvalue weighted by Crippen LogP contribution is -2.39. The zero-order chi connectivity index (χ0) is 16.8. The molecule has 1 aromatic rings. The number of sulfone groups is 1. The summed E-state index contributed by atoms with van der Waals surface area (Å²) in [5.74, 6) is 0.265. The summed E-state index contributed by atoms with van der Waals surface area (Å²) in [4.78, 5) is 4.23. The molecule has 0 spiro atoms. The van der Waals surface area contributed by atoms with Crippen LogP contribution >= 0.6 is 0 Å². The highest BCUT2D eigenvalue weighted by Gasteiger charge is 2.10. The van der Waals surface area contributed by atoms with Crippen LogP contribution in [0.15, 0.2) is 23.2 Å². The number of guanidine groups is 1. The van der Waals surface area contributed by atoms with Crippen molar-refractivity contribution in [1.29, 1.82) is 0 Å². The number of aryl methyl sites for hydroxylation is 1. The molecule has 0 saturated heterocycles. The Labute approximate surface area is 132 Å². The number of benzene rings is 1. The molecule has 0 saturated carbocycles. The maximum absolute atomic E-state index is 13.6. The van der Waals surface area contributed by atoms with Crippen LogP contribution in [-0.2, 0) is 9.84 Å². The predicted octanol–water partition coefficient (Wildman–Crippen LogP) is 1.79.